The van der Waals surface area contributed by atoms with E-state index in [1.165, 1.54) is 70.6 Å². The van der Waals surface area contributed by atoms with Crippen molar-refractivity contribution >= 4 is 11.6 Å². The molecule has 0 atom stereocenters. The van der Waals surface area contributed by atoms with E-state index in [1.807, 2.05) is 24.3 Å². The second-order valence-corrected chi connectivity index (χ2v) is 9.22. The highest BCUT2D eigenvalue weighted by atomic mass is 35.5. The molecule has 0 heterocycles. The maximum Gasteiger partial charge on any atom is 0.0406 e. The summed E-state index contributed by atoms with van der Waals surface area (Å²) in [7, 11) is 0. The van der Waals surface area contributed by atoms with E-state index < -0.39 is 0 Å². The van der Waals surface area contributed by atoms with Gasteiger partial charge >= 0.3 is 0 Å². The molecule has 2 aliphatic rings. The largest absolute Gasteiger partial charge is 0.0843 e. The van der Waals surface area contributed by atoms with E-state index in [2.05, 4.69) is 30.9 Å². The molecule has 0 radical (unpaired) electrons. The number of hydrogen-bond donors (Lipinski definition) is 0. The van der Waals surface area contributed by atoms with Gasteiger partial charge in [-0.2, -0.15) is 0 Å². The minimum absolute atomic E-state index is 0.737. The highest BCUT2D eigenvalue weighted by molar-refractivity contribution is 6.30. The van der Waals surface area contributed by atoms with Gasteiger partial charge in [0.1, 0.15) is 0 Å². The number of allylic oxidation sites excluding steroid dienone is 2. The van der Waals surface area contributed by atoms with Crippen molar-refractivity contribution in [2.45, 2.75) is 77.6 Å². The zero-order chi connectivity index (χ0) is 18.9. The summed E-state index contributed by atoms with van der Waals surface area (Å²) >= 11 is 5.90. The first-order valence-electron chi connectivity index (χ1n) is 11.2. The predicted molar refractivity (Wildman–Crippen MR) is 118 cm³/mol. The van der Waals surface area contributed by atoms with E-state index in [-0.39, 0.29) is 0 Å². The second-order valence-electron chi connectivity index (χ2n) is 8.79. The molecule has 2 fully saturated rings. The maximum atomic E-state index is 5.90. The van der Waals surface area contributed by atoms with Gasteiger partial charge < -0.3 is 0 Å². The van der Waals surface area contributed by atoms with Crippen LogP contribution < -0.4 is 0 Å². The van der Waals surface area contributed by atoms with Crippen molar-refractivity contribution in [3.8, 4) is 11.8 Å². The Morgan fingerprint density at radius 1 is 0.852 bits per heavy atom. The Bertz CT molecular complexity index is 629. The maximum absolute atomic E-state index is 5.90. The highest BCUT2D eigenvalue weighted by Gasteiger charge is 2.23. The summed E-state index contributed by atoms with van der Waals surface area (Å²) in [6.07, 6.45) is 20.3. The van der Waals surface area contributed by atoms with Crippen LogP contribution in [-0.4, -0.2) is 0 Å². The molecule has 1 aromatic rings. The smallest absolute Gasteiger partial charge is 0.0406 e. The van der Waals surface area contributed by atoms with E-state index in [4.69, 9.17) is 11.6 Å². The van der Waals surface area contributed by atoms with Gasteiger partial charge in [-0.05, 0) is 79.7 Å². The zero-order valence-corrected chi connectivity index (χ0v) is 17.7. The molecule has 2 aliphatic carbocycles. The predicted octanol–water partition coefficient (Wildman–Crippen LogP) is 8.05. The van der Waals surface area contributed by atoms with Crippen LogP contribution in [0.3, 0.4) is 0 Å². The molecule has 0 N–H and O–H groups in total. The second kappa shape index (κ2) is 11.0. The van der Waals surface area contributed by atoms with Crippen LogP contribution in [0.1, 0.15) is 83.1 Å². The van der Waals surface area contributed by atoms with Crippen LogP contribution in [0.5, 0.6) is 0 Å². The Kier molecular flexibility index (Phi) is 8.34. The van der Waals surface area contributed by atoms with Gasteiger partial charge in [0.05, 0.1) is 0 Å². The lowest BCUT2D eigenvalue weighted by Crippen LogP contribution is -2.17. The quantitative estimate of drug-likeness (QED) is 0.452. The zero-order valence-electron chi connectivity index (χ0n) is 16.9. The van der Waals surface area contributed by atoms with Crippen molar-refractivity contribution in [2.75, 3.05) is 0 Å². The van der Waals surface area contributed by atoms with E-state index in [9.17, 15) is 0 Å². The topological polar surface area (TPSA) is 0 Å². The molecule has 0 nitrogen and oxygen atoms in total. The Hall–Kier alpha value is -1.19. The first-order valence-corrected chi connectivity index (χ1v) is 11.5. The molecule has 0 saturated heterocycles. The van der Waals surface area contributed by atoms with Crippen LogP contribution in [-0.2, 0) is 0 Å². The SMILES string of the molecule is CCC1CCC(CCC2CCC(/C=C/C#Cc3ccc(Cl)cc3)CC2)CC1. The standard InChI is InChI=1S/C26H35Cl/c1-2-21-7-9-24(10-8-21)15-16-25-13-11-22(12-14-25)5-3-4-6-23-17-19-26(27)20-18-23/h3,5,17-22,24-25H,2,7-16H2,1H3/b5-3+. The molecule has 0 spiro atoms. The highest BCUT2D eigenvalue weighted by Crippen LogP contribution is 2.37. The molecule has 146 valence electrons. The Morgan fingerprint density at radius 2 is 1.41 bits per heavy atom. The van der Waals surface area contributed by atoms with Gasteiger partial charge in [-0.25, -0.2) is 0 Å². The molecule has 1 aromatic carbocycles. The van der Waals surface area contributed by atoms with Gasteiger partial charge in [-0.3, -0.25) is 0 Å². The van der Waals surface area contributed by atoms with Crippen molar-refractivity contribution in [1.82, 2.24) is 0 Å². The van der Waals surface area contributed by atoms with E-state index >= 15 is 0 Å². The molecule has 0 aromatic heterocycles. The summed E-state index contributed by atoms with van der Waals surface area (Å²) in [4.78, 5) is 0. The molecule has 27 heavy (non-hydrogen) atoms. The molecule has 0 unspecified atom stereocenters. The Labute approximate surface area is 171 Å². The van der Waals surface area contributed by atoms with Gasteiger partial charge in [0.2, 0.25) is 0 Å². The van der Waals surface area contributed by atoms with E-state index in [0.717, 1.165) is 34.3 Å². The van der Waals surface area contributed by atoms with Crippen molar-refractivity contribution < 1.29 is 0 Å². The summed E-state index contributed by atoms with van der Waals surface area (Å²) in [5, 5.41) is 0.765. The van der Waals surface area contributed by atoms with Crippen LogP contribution in [0.25, 0.3) is 0 Å². The van der Waals surface area contributed by atoms with Crippen molar-refractivity contribution in [3.05, 3.63) is 47.0 Å². The summed E-state index contributed by atoms with van der Waals surface area (Å²) in [6.45, 7) is 2.36. The van der Waals surface area contributed by atoms with Gasteiger partial charge in [0.25, 0.3) is 0 Å². The molecular formula is C26H35Cl. The summed E-state index contributed by atoms with van der Waals surface area (Å²) in [5.41, 5.74) is 1.03. The molecule has 0 amide bonds. The Balaban J connectivity index is 1.32. The van der Waals surface area contributed by atoms with E-state index in [0.29, 0.717) is 0 Å². The normalized spacial score (nSPS) is 28.7. The summed E-state index contributed by atoms with van der Waals surface area (Å²) in [6, 6.07) is 7.74. The summed E-state index contributed by atoms with van der Waals surface area (Å²) < 4.78 is 0. The third-order valence-electron chi connectivity index (χ3n) is 6.93. The van der Waals surface area contributed by atoms with Crippen molar-refractivity contribution in [2.24, 2.45) is 23.7 Å². The fraction of sp³-hybridized carbons (Fsp3) is 0.615. The molecular weight excluding hydrogens is 348 g/mol. The van der Waals surface area contributed by atoms with Crippen LogP contribution in [0.15, 0.2) is 36.4 Å². The van der Waals surface area contributed by atoms with Gasteiger partial charge in [-0.1, -0.05) is 81.4 Å². The Morgan fingerprint density at radius 3 is 2.00 bits per heavy atom. The summed E-state index contributed by atoms with van der Waals surface area (Å²) in [5.74, 6) is 10.2. The number of hydrogen-bond acceptors (Lipinski definition) is 0. The first kappa shape index (κ1) is 20.5. The van der Waals surface area contributed by atoms with Gasteiger partial charge in [-0.15, -0.1) is 0 Å². The molecule has 1 heteroatoms. The molecule has 0 bridgehead atoms. The molecule has 2 saturated carbocycles. The molecule has 3 rings (SSSR count). The molecule has 0 aliphatic heterocycles. The minimum atomic E-state index is 0.737. The average Bonchev–Trinajstić information content (AvgIpc) is 2.72. The van der Waals surface area contributed by atoms with Crippen LogP contribution in [0.4, 0.5) is 0 Å². The van der Waals surface area contributed by atoms with Crippen LogP contribution >= 0.6 is 11.6 Å². The fourth-order valence-corrected chi connectivity index (χ4v) is 5.04. The lowest BCUT2D eigenvalue weighted by molar-refractivity contribution is 0.224. The van der Waals surface area contributed by atoms with Gasteiger partial charge in [0.15, 0.2) is 0 Å². The van der Waals surface area contributed by atoms with Crippen LogP contribution in [0.2, 0.25) is 5.02 Å². The fourth-order valence-electron chi connectivity index (χ4n) is 4.91. The van der Waals surface area contributed by atoms with Crippen molar-refractivity contribution in [1.29, 1.82) is 0 Å². The van der Waals surface area contributed by atoms with E-state index in [1.54, 1.807) is 0 Å². The third kappa shape index (κ3) is 7.04. The van der Waals surface area contributed by atoms with Crippen molar-refractivity contribution in [3.63, 3.8) is 0 Å². The minimum Gasteiger partial charge on any atom is -0.0843 e. The lowest BCUT2D eigenvalue weighted by Gasteiger charge is -2.31. The monoisotopic (exact) mass is 382 g/mol. The van der Waals surface area contributed by atoms with Crippen LogP contribution in [0, 0.1) is 35.5 Å². The first-order chi connectivity index (χ1) is 13.2. The average molecular weight is 383 g/mol. The number of benzene rings is 1. The third-order valence-corrected chi connectivity index (χ3v) is 7.18. The van der Waals surface area contributed by atoms with Gasteiger partial charge in [0, 0.05) is 10.6 Å². The lowest BCUT2D eigenvalue weighted by atomic mass is 9.75. The number of halogens is 1. The number of rotatable bonds is 5.